The Morgan fingerprint density at radius 2 is 2.00 bits per heavy atom. The molecule has 0 aromatic carbocycles. The molecular weight excluding hydrogens is 240 g/mol. The lowest BCUT2D eigenvalue weighted by atomic mass is 10.1. The molecule has 0 atom stereocenters. The van der Waals surface area contributed by atoms with Crippen LogP contribution in [0.3, 0.4) is 0 Å². The van der Waals surface area contributed by atoms with Crippen molar-refractivity contribution in [1.29, 1.82) is 0 Å². The highest BCUT2D eigenvalue weighted by Gasteiger charge is 2.07. The number of allylic oxidation sites excluding steroid dienone is 4. The first kappa shape index (κ1) is 15.3. The SMILES string of the molecule is CC(C)=CCC/C(C)=C/Cc1c(O)cc(C)oc1=O. The molecule has 0 unspecified atom stereocenters. The van der Waals surface area contributed by atoms with E-state index in [1.807, 2.05) is 13.0 Å². The topological polar surface area (TPSA) is 50.4 Å². The molecule has 1 N–H and O–H groups in total. The van der Waals surface area contributed by atoms with Gasteiger partial charge in [-0.3, -0.25) is 0 Å². The molecule has 0 saturated heterocycles. The fourth-order valence-electron chi connectivity index (χ4n) is 1.78. The van der Waals surface area contributed by atoms with Crippen LogP contribution in [0, 0.1) is 6.92 Å². The zero-order valence-corrected chi connectivity index (χ0v) is 12.1. The van der Waals surface area contributed by atoms with E-state index in [1.54, 1.807) is 6.92 Å². The van der Waals surface area contributed by atoms with Crippen LogP contribution >= 0.6 is 0 Å². The maximum absolute atomic E-state index is 11.6. The van der Waals surface area contributed by atoms with E-state index in [1.165, 1.54) is 17.2 Å². The maximum atomic E-state index is 11.6. The molecule has 1 heterocycles. The van der Waals surface area contributed by atoms with Crippen LogP contribution in [-0.2, 0) is 6.42 Å². The third kappa shape index (κ3) is 5.16. The Morgan fingerprint density at radius 3 is 2.58 bits per heavy atom. The second-order valence-corrected chi connectivity index (χ2v) is 5.08. The van der Waals surface area contributed by atoms with Gasteiger partial charge in [-0.25, -0.2) is 4.79 Å². The monoisotopic (exact) mass is 262 g/mol. The van der Waals surface area contributed by atoms with Gasteiger partial charge in [0.2, 0.25) is 0 Å². The van der Waals surface area contributed by atoms with Gasteiger partial charge in [-0.1, -0.05) is 23.3 Å². The highest BCUT2D eigenvalue weighted by molar-refractivity contribution is 5.31. The molecule has 0 aliphatic rings. The molecule has 0 fully saturated rings. The van der Waals surface area contributed by atoms with E-state index in [2.05, 4.69) is 19.9 Å². The van der Waals surface area contributed by atoms with Crippen molar-refractivity contribution < 1.29 is 9.52 Å². The Bertz CT molecular complexity index is 544. The minimum atomic E-state index is -0.453. The summed E-state index contributed by atoms with van der Waals surface area (Å²) in [5.74, 6) is 0.442. The lowest BCUT2D eigenvalue weighted by molar-refractivity contribution is 0.425. The van der Waals surface area contributed by atoms with Crippen LogP contribution in [0.5, 0.6) is 5.75 Å². The molecule has 19 heavy (non-hydrogen) atoms. The summed E-state index contributed by atoms with van der Waals surface area (Å²) in [5.41, 5.74) is 2.39. The van der Waals surface area contributed by atoms with Crippen molar-refractivity contribution in [3.8, 4) is 5.75 Å². The van der Waals surface area contributed by atoms with E-state index in [0.717, 1.165) is 12.8 Å². The van der Waals surface area contributed by atoms with Gasteiger partial charge >= 0.3 is 5.63 Å². The lowest BCUT2D eigenvalue weighted by Crippen LogP contribution is -2.07. The van der Waals surface area contributed by atoms with Gasteiger partial charge in [-0.05, 0) is 40.5 Å². The van der Waals surface area contributed by atoms with Crippen molar-refractivity contribution in [3.05, 3.63) is 51.1 Å². The van der Waals surface area contributed by atoms with Crippen LogP contribution in [0.2, 0.25) is 0 Å². The predicted octanol–water partition coefficient (Wildman–Crippen LogP) is 3.89. The van der Waals surface area contributed by atoms with Crippen molar-refractivity contribution in [2.24, 2.45) is 0 Å². The average Bonchev–Trinajstić information content (AvgIpc) is 2.26. The number of rotatable bonds is 5. The van der Waals surface area contributed by atoms with Gasteiger partial charge in [0.05, 0.1) is 5.56 Å². The van der Waals surface area contributed by atoms with Crippen molar-refractivity contribution >= 4 is 0 Å². The fourth-order valence-corrected chi connectivity index (χ4v) is 1.78. The summed E-state index contributed by atoms with van der Waals surface area (Å²) in [6.07, 6.45) is 6.53. The quantitative estimate of drug-likeness (QED) is 0.819. The average molecular weight is 262 g/mol. The Hall–Kier alpha value is -1.77. The number of hydrogen-bond acceptors (Lipinski definition) is 3. The van der Waals surface area contributed by atoms with Crippen LogP contribution in [0.15, 0.2) is 38.6 Å². The summed E-state index contributed by atoms with van der Waals surface area (Å²) in [4.78, 5) is 11.6. The highest BCUT2D eigenvalue weighted by Crippen LogP contribution is 2.16. The zero-order valence-electron chi connectivity index (χ0n) is 12.1. The minimum Gasteiger partial charge on any atom is -0.507 e. The number of aryl methyl sites for hydroxylation is 1. The molecule has 0 bridgehead atoms. The molecule has 1 aromatic rings. The Morgan fingerprint density at radius 1 is 1.32 bits per heavy atom. The Balaban J connectivity index is 2.71. The van der Waals surface area contributed by atoms with Crippen LogP contribution in [-0.4, -0.2) is 5.11 Å². The first-order chi connectivity index (χ1) is 8.90. The third-order valence-corrected chi connectivity index (χ3v) is 2.90. The first-order valence-electron chi connectivity index (χ1n) is 6.51. The molecule has 0 saturated carbocycles. The van der Waals surface area contributed by atoms with E-state index in [4.69, 9.17) is 4.42 Å². The minimum absolute atomic E-state index is 0.0158. The Kier molecular flexibility index (Phi) is 5.61. The van der Waals surface area contributed by atoms with Gasteiger partial charge in [-0.2, -0.15) is 0 Å². The second-order valence-electron chi connectivity index (χ2n) is 5.08. The van der Waals surface area contributed by atoms with Crippen LogP contribution < -0.4 is 5.63 Å². The Labute approximate surface area is 114 Å². The summed E-state index contributed by atoms with van der Waals surface area (Å²) in [5, 5.41) is 9.74. The summed E-state index contributed by atoms with van der Waals surface area (Å²) >= 11 is 0. The summed E-state index contributed by atoms with van der Waals surface area (Å²) in [6.45, 7) is 7.83. The maximum Gasteiger partial charge on any atom is 0.343 e. The van der Waals surface area contributed by atoms with E-state index in [9.17, 15) is 9.90 Å². The number of aromatic hydroxyl groups is 1. The van der Waals surface area contributed by atoms with Gasteiger partial charge in [-0.15, -0.1) is 0 Å². The molecule has 3 heteroatoms. The van der Waals surface area contributed by atoms with Gasteiger partial charge in [0.25, 0.3) is 0 Å². The number of hydrogen-bond donors (Lipinski definition) is 1. The zero-order chi connectivity index (χ0) is 14.4. The molecule has 0 spiro atoms. The normalized spacial score (nSPS) is 11.5. The van der Waals surface area contributed by atoms with Gasteiger partial charge < -0.3 is 9.52 Å². The highest BCUT2D eigenvalue weighted by atomic mass is 16.4. The molecule has 1 aromatic heterocycles. The van der Waals surface area contributed by atoms with Gasteiger partial charge in [0, 0.05) is 12.5 Å². The summed E-state index contributed by atoms with van der Waals surface area (Å²) in [7, 11) is 0. The molecule has 104 valence electrons. The molecule has 0 amide bonds. The summed E-state index contributed by atoms with van der Waals surface area (Å²) in [6, 6.07) is 1.48. The molecule has 0 aliphatic carbocycles. The molecule has 0 aliphatic heterocycles. The molecule has 0 radical (unpaired) electrons. The molecule has 3 nitrogen and oxygen atoms in total. The largest absolute Gasteiger partial charge is 0.507 e. The third-order valence-electron chi connectivity index (χ3n) is 2.90. The molecule has 1 rings (SSSR count). The van der Waals surface area contributed by atoms with E-state index in [0.29, 0.717) is 17.7 Å². The van der Waals surface area contributed by atoms with E-state index in [-0.39, 0.29) is 5.75 Å². The van der Waals surface area contributed by atoms with Gasteiger partial charge in [0.1, 0.15) is 11.5 Å². The lowest BCUT2D eigenvalue weighted by Gasteiger charge is -2.02. The van der Waals surface area contributed by atoms with Crippen molar-refractivity contribution in [1.82, 2.24) is 0 Å². The standard InChI is InChI=1S/C16H22O3/c1-11(2)6-5-7-12(3)8-9-14-15(17)10-13(4)19-16(14)18/h6,8,10,17H,5,7,9H2,1-4H3/b12-8+. The van der Waals surface area contributed by atoms with E-state index >= 15 is 0 Å². The predicted molar refractivity (Wildman–Crippen MR) is 77.5 cm³/mol. The summed E-state index contributed by atoms with van der Waals surface area (Å²) < 4.78 is 4.98. The van der Waals surface area contributed by atoms with Crippen molar-refractivity contribution in [2.75, 3.05) is 0 Å². The fraction of sp³-hybridized carbons (Fsp3) is 0.438. The first-order valence-corrected chi connectivity index (χ1v) is 6.51. The van der Waals surface area contributed by atoms with Crippen LogP contribution in [0.4, 0.5) is 0 Å². The van der Waals surface area contributed by atoms with Gasteiger partial charge in [0.15, 0.2) is 0 Å². The smallest absolute Gasteiger partial charge is 0.343 e. The van der Waals surface area contributed by atoms with E-state index < -0.39 is 5.63 Å². The van der Waals surface area contributed by atoms with Crippen molar-refractivity contribution in [2.45, 2.75) is 47.0 Å². The van der Waals surface area contributed by atoms with Crippen molar-refractivity contribution in [3.63, 3.8) is 0 Å². The van der Waals surface area contributed by atoms with Crippen LogP contribution in [0.1, 0.15) is 44.9 Å². The van der Waals surface area contributed by atoms with Crippen LogP contribution in [0.25, 0.3) is 0 Å². The molecular formula is C16H22O3. The second kappa shape index (κ2) is 6.98.